The molecule has 0 unspecified atom stereocenters. The summed E-state index contributed by atoms with van der Waals surface area (Å²) in [6, 6.07) is 6.80. The summed E-state index contributed by atoms with van der Waals surface area (Å²) in [5, 5.41) is 9.86. The molecule has 0 fully saturated rings. The first-order chi connectivity index (χ1) is 9.95. The zero-order chi connectivity index (χ0) is 15.6. The molecule has 0 aromatic heterocycles. The van der Waals surface area contributed by atoms with Crippen LogP contribution < -0.4 is 4.74 Å². The molecule has 21 heavy (non-hydrogen) atoms. The first-order valence-corrected chi connectivity index (χ1v) is 6.98. The van der Waals surface area contributed by atoms with E-state index in [1.807, 2.05) is 0 Å². The number of carbonyl (C=O) groups is 2. The number of rotatable bonds is 5. The van der Waals surface area contributed by atoms with E-state index in [1.165, 1.54) is 0 Å². The predicted octanol–water partition coefficient (Wildman–Crippen LogP) is 2.38. The zero-order valence-electron chi connectivity index (χ0n) is 12.4. The number of carbonyl (C=O) groups excluding carboxylic acids is 2. The fourth-order valence-electron chi connectivity index (χ4n) is 2.09. The van der Waals surface area contributed by atoms with Crippen molar-refractivity contribution in [1.82, 2.24) is 4.90 Å². The SMILES string of the molecule is CCN1C(=O)C(O)=C(c2ccc(OCC(C)C)cc2)C1=O. The molecule has 1 heterocycles. The normalized spacial score (nSPS) is 15.3. The molecule has 0 saturated heterocycles. The molecule has 2 rings (SSSR count). The third-order valence-electron chi connectivity index (χ3n) is 3.19. The summed E-state index contributed by atoms with van der Waals surface area (Å²) in [4.78, 5) is 24.9. The van der Waals surface area contributed by atoms with Gasteiger partial charge in [0.15, 0.2) is 5.76 Å². The van der Waals surface area contributed by atoms with E-state index in [1.54, 1.807) is 31.2 Å². The Balaban J connectivity index is 2.23. The number of hydrogen-bond donors (Lipinski definition) is 1. The Hall–Kier alpha value is -2.30. The van der Waals surface area contributed by atoms with Gasteiger partial charge in [-0.2, -0.15) is 0 Å². The number of imide groups is 1. The lowest BCUT2D eigenvalue weighted by molar-refractivity contribution is -0.137. The molecule has 1 aromatic carbocycles. The lowest BCUT2D eigenvalue weighted by Crippen LogP contribution is -2.31. The molecule has 1 aliphatic heterocycles. The minimum absolute atomic E-state index is 0.0530. The van der Waals surface area contributed by atoms with Crippen molar-refractivity contribution in [3.05, 3.63) is 35.6 Å². The van der Waals surface area contributed by atoms with E-state index < -0.39 is 17.6 Å². The Labute approximate surface area is 123 Å². The fourth-order valence-corrected chi connectivity index (χ4v) is 2.09. The number of nitrogens with zero attached hydrogens (tertiary/aromatic N) is 1. The molecule has 0 atom stereocenters. The van der Waals surface area contributed by atoms with Gasteiger partial charge in [-0.05, 0) is 30.5 Å². The second kappa shape index (κ2) is 5.99. The molecule has 5 heteroatoms. The Bertz CT molecular complexity index is 587. The number of hydrogen-bond acceptors (Lipinski definition) is 4. The summed E-state index contributed by atoms with van der Waals surface area (Å²) in [6.45, 7) is 6.64. The van der Waals surface area contributed by atoms with E-state index in [0.29, 0.717) is 23.8 Å². The van der Waals surface area contributed by atoms with Crippen molar-refractivity contribution in [2.45, 2.75) is 20.8 Å². The van der Waals surface area contributed by atoms with E-state index in [9.17, 15) is 14.7 Å². The lowest BCUT2D eigenvalue weighted by Gasteiger charge is -2.11. The van der Waals surface area contributed by atoms with Crippen LogP contribution in [0.2, 0.25) is 0 Å². The fraction of sp³-hybridized carbons (Fsp3) is 0.375. The molecule has 0 saturated carbocycles. The van der Waals surface area contributed by atoms with Crippen LogP contribution in [-0.2, 0) is 9.59 Å². The third kappa shape index (κ3) is 2.91. The first kappa shape index (κ1) is 15.1. The van der Waals surface area contributed by atoms with Crippen LogP contribution in [0.1, 0.15) is 26.3 Å². The van der Waals surface area contributed by atoms with Crippen molar-refractivity contribution in [3.63, 3.8) is 0 Å². The van der Waals surface area contributed by atoms with E-state index >= 15 is 0 Å². The Morgan fingerprint density at radius 3 is 2.24 bits per heavy atom. The van der Waals surface area contributed by atoms with Gasteiger partial charge in [0.1, 0.15) is 5.75 Å². The van der Waals surface area contributed by atoms with Gasteiger partial charge in [0.05, 0.1) is 12.2 Å². The Morgan fingerprint density at radius 1 is 1.14 bits per heavy atom. The summed E-state index contributed by atoms with van der Waals surface area (Å²) in [5.74, 6) is -0.480. The van der Waals surface area contributed by atoms with Gasteiger partial charge in [0, 0.05) is 6.54 Å². The number of aliphatic hydroxyl groups is 1. The molecule has 0 spiro atoms. The lowest BCUT2D eigenvalue weighted by atomic mass is 10.1. The predicted molar refractivity (Wildman–Crippen MR) is 78.7 cm³/mol. The van der Waals surface area contributed by atoms with E-state index in [0.717, 1.165) is 4.90 Å². The monoisotopic (exact) mass is 289 g/mol. The highest BCUT2D eigenvalue weighted by molar-refractivity contribution is 6.34. The highest BCUT2D eigenvalue weighted by Crippen LogP contribution is 2.28. The molecule has 0 bridgehead atoms. The topological polar surface area (TPSA) is 66.8 Å². The summed E-state index contributed by atoms with van der Waals surface area (Å²) >= 11 is 0. The number of ether oxygens (including phenoxy) is 1. The molecule has 0 aliphatic carbocycles. The number of benzene rings is 1. The standard InChI is InChI=1S/C16H19NO4/c1-4-17-15(19)13(14(18)16(17)20)11-5-7-12(8-6-11)21-9-10(2)3/h5-8,10,18H,4,9H2,1-3H3. The van der Waals surface area contributed by atoms with Crippen LogP contribution in [-0.4, -0.2) is 35.0 Å². The molecular formula is C16H19NO4. The average molecular weight is 289 g/mol. The minimum Gasteiger partial charge on any atom is -0.502 e. The van der Waals surface area contributed by atoms with Gasteiger partial charge in [-0.15, -0.1) is 0 Å². The van der Waals surface area contributed by atoms with Crippen LogP contribution in [0.4, 0.5) is 0 Å². The first-order valence-electron chi connectivity index (χ1n) is 6.98. The maximum Gasteiger partial charge on any atom is 0.296 e. The van der Waals surface area contributed by atoms with Crippen LogP contribution in [0.5, 0.6) is 5.75 Å². The van der Waals surface area contributed by atoms with Gasteiger partial charge in [-0.1, -0.05) is 26.0 Å². The second-order valence-corrected chi connectivity index (χ2v) is 5.31. The van der Waals surface area contributed by atoms with E-state index in [-0.39, 0.29) is 12.1 Å². The van der Waals surface area contributed by atoms with Gasteiger partial charge in [-0.25, -0.2) is 0 Å². The molecule has 0 radical (unpaired) electrons. The van der Waals surface area contributed by atoms with Gasteiger partial charge in [-0.3, -0.25) is 14.5 Å². The highest BCUT2D eigenvalue weighted by Gasteiger charge is 2.38. The van der Waals surface area contributed by atoms with Gasteiger partial charge in [0.2, 0.25) is 0 Å². The molecule has 1 aromatic rings. The Kier molecular flexibility index (Phi) is 4.31. The van der Waals surface area contributed by atoms with Crippen LogP contribution >= 0.6 is 0 Å². The van der Waals surface area contributed by atoms with Crippen molar-refractivity contribution in [2.75, 3.05) is 13.2 Å². The molecule has 112 valence electrons. The summed E-state index contributed by atoms with van der Waals surface area (Å²) in [5.41, 5.74) is 0.566. The summed E-state index contributed by atoms with van der Waals surface area (Å²) in [6.07, 6.45) is 0. The van der Waals surface area contributed by atoms with E-state index in [4.69, 9.17) is 4.74 Å². The molecular weight excluding hydrogens is 270 g/mol. The largest absolute Gasteiger partial charge is 0.502 e. The van der Waals surface area contributed by atoms with E-state index in [2.05, 4.69) is 13.8 Å². The third-order valence-corrected chi connectivity index (χ3v) is 3.19. The molecule has 5 nitrogen and oxygen atoms in total. The van der Waals surface area contributed by atoms with Crippen LogP contribution in [0.25, 0.3) is 5.57 Å². The van der Waals surface area contributed by atoms with Crippen molar-refractivity contribution in [2.24, 2.45) is 5.92 Å². The number of likely N-dealkylation sites (N-methyl/N-ethyl adjacent to an activating group) is 1. The quantitative estimate of drug-likeness (QED) is 0.845. The minimum atomic E-state index is -0.641. The average Bonchev–Trinajstić information content (AvgIpc) is 2.67. The maximum atomic E-state index is 12.1. The van der Waals surface area contributed by atoms with Crippen molar-refractivity contribution in [3.8, 4) is 5.75 Å². The van der Waals surface area contributed by atoms with Crippen LogP contribution in [0.15, 0.2) is 30.0 Å². The zero-order valence-corrected chi connectivity index (χ0v) is 12.4. The molecule has 1 N–H and O–H groups in total. The van der Waals surface area contributed by atoms with Crippen molar-refractivity contribution in [1.29, 1.82) is 0 Å². The van der Waals surface area contributed by atoms with Crippen LogP contribution in [0, 0.1) is 5.92 Å². The van der Waals surface area contributed by atoms with Crippen molar-refractivity contribution < 1.29 is 19.4 Å². The van der Waals surface area contributed by atoms with Gasteiger partial charge < -0.3 is 9.84 Å². The summed E-state index contributed by atoms with van der Waals surface area (Å²) in [7, 11) is 0. The maximum absolute atomic E-state index is 12.1. The second-order valence-electron chi connectivity index (χ2n) is 5.31. The number of aliphatic hydroxyl groups excluding tert-OH is 1. The summed E-state index contributed by atoms with van der Waals surface area (Å²) < 4.78 is 5.56. The van der Waals surface area contributed by atoms with Crippen LogP contribution in [0.3, 0.4) is 0 Å². The van der Waals surface area contributed by atoms with Gasteiger partial charge >= 0.3 is 0 Å². The Morgan fingerprint density at radius 2 is 1.76 bits per heavy atom. The number of amides is 2. The smallest absolute Gasteiger partial charge is 0.296 e. The van der Waals surface area contributed by atoms with Crippen molar-refractivity contribution >= 4 is 17.4 Å². The molecule has 1 aliphatic rings. The molecule has 2 amide bonds. The highest BCUT2D eigenvalue weighted by atomic mass is 16.5. The van der Waals surface area contributed by atoms with Gasteiger partial charge in [0.25, 0.3) is 11.8 Å².